The lowest BCUT2D eigenvalue weighted by atomic mass is 10.0. The number of fused-ring (bicyclic) bond motifs is 9. The van der Waals surface area contributed by atoms with Crippen molar-refractivity contribution in [2.75, 3.05) is 4.90 Å². The van der Waals surface area contributed by atoms with Gasteiger partial charge in [-0.1, -0.05) is 115 Å². The van der Waals surface area contributed by atoms with E-state index in [9.17, 15) is 0 Å². The van der Waals surface area contributed by atoms with Gasteiger partial charge in [0, 0.05) is 64.5 Å². The van der Waals surface area contributed by atoms with Crippen LogP contribution in [0.15, 0.2) is 211 Å². The number of furan rings is 1. The number of aromatic nitrogens is 1. The molecule has 58 heavy (non-hydrogen) atoms. The first kappa shape index (κ1) is 32.8. The Labute approximate surface area is 338 Å². The number of hydrogen-bond donors (Lipinski definition) is 0. The molecule has 4 heteroatoms. The lowest BCUT2D eigenvalue weighted by Gasteiger charge is -2.27. The van der Waals surface area contributed by atoms with E-state index in [-0.39, 0.29) is 0 Å². The van der Waals surface area contributed by atoms with Crippen LogP contribution in [0.25, 0.3) is 91.9 Å². The molecule has 0 aliphatic heterocycles. The number of para-hydroxylation sites is 3. The third-order valence-electron chi connectivity index (χ3n) is 11.6. The second-order valence-corrected chi connectivity index (χ2v) is 16.0. The van der Waals surface area contributed by atoms with Crippen molar-refractivity contribution in [3.8, 4) is 27.9 Å². The highest BCUT2D eigenvalue weighted by Gasteiger charge is 2.18. The summed E-state index contributed by atoms with van der Waals surface area (Å²) < 4.78 is 11.2. The van der Waals surface area contributed by atoms with Gasteiger partial charge >= 0.3 is 0 Å². The van der Waals surface area contributed by atoms with E-state index in [0.717, 1.165) is 55.8 Å². The number of nitrogens with zero attached hydrogens (tertiary/aromatic N) is 2. The Morgan fingerprint density at radius 2 is 0.914 bits per heavy atom. The molecule has 0 unspecified atom stereocenters. The fraction of sp³-hybridized carbons (Fsp3) is 0. The monoisotopic (exact) mass is 758 g/mol. The Morgan fingerprint density at radius 1 is 0.345 bits per heavy atom. The lowest BCUT2D eigenvalue weighted by Crippen LogP contribution is -2.10. The maximum atomic E-state index is 6.18. The molecule has 0 saturated heterocycles. The molecule has 0 fully saturated rings. The van der Waals surface area contributed by atoms with Crippen molar-refractivity contribution in [3.05, 3.63) is 206 Å². The Morgan fingerprint density at radius 3 is 1.72 bits per heavy atom. The van der Waals surface area contributed by atoms with Gasteiger partial charge in [-0.05, 0) is 113 Å². The number of hydrogen-bond acceptors (Lipinski definition) is 3. The summed E-state index contributed by atoms with van der Waals surface area (Å²) in [5.41, 5.74) is 13.2. The summed E-state index contributed by atoms with van der Waals surface area (Å²) in [4.78, 5) is 2.38. The minimum atomic E-state index is 0.899. The average Bonchev–Trinajstić information content (AvgIpc) is 3.96. The third-order valence-corrected chi connectivity index (χ3v) is 12.7. The Balaban J connectivity index is 1.00. The average molecular weight is 759 g/mol. The van der Waals surface area contributed by atoms with Crippen molar-refractivity contribution in [1.82, 2.24) is 4.57 Å². The van der Waals surface area contributed by atoms with Gasteiger partial charge < -0.3 is 13.9 Å². The van der Waals surface area contributed by atoms with Gasteiger partial charge in [-0.3, -0.25) is 0 Å². The molecule has 0 N–H and O–H groups in total. The summed E-state index contributed by atoms with van der Waals surface area (Å²) in [6, 6.07) is 74.6. The first-order valence-corrected chi connectivity index (χ1v) is 20.5. The second-order valence-electron chi connectivity index (χ2n) is 14.9. The van der Waals surface area contributed by atoms with Crippen molar-refractivity contribution < 1.29 is 4.42 Å². The van der Waals surface area contributed by atoms with Gasteiger partial charge in [0.15, 0.2) is 0 Å². The SMILES string of the molecule is c1cc(-c2ccc3oc4ccccc4c3c2)cc(N(c2ccc(-c3ccc4sc5ccccc5c4c3)cc2)c2cccc(-n3c4ccccc4c4ccccc43)c2)c1. The number of rotatable bonds is 6. The first-order chi connectivity index (χ1) is 28.7. The number of anilines is 3. The lowest BCUT2D eigenvalue weighted by molar-refractivity contribution is 0.669. The minimum absolute atomic E-state index is 0.899. The summed E-state index contributed by atoms with van der Waals surface area (Å²) in [5.74, 6) is 0. The molecule has 3 aromatic heterocycles. The molecular formula is C54H34N2OS. The summed E-state index contributed by atoms with van der Waals surface area (Å²) in [5, 5.41) is 7.38. The van der Waals surface area contributed by atoms with Crippen LogP contribution in [0.3, 0.4) is 0 Å². The van der Waals surface area contributed by atoms with Crippen LogP contribution in [0.1, 0.15) is 0 Å². The molecule has 0 spiro atoms. The van der Waals surface area contributed by atoms with Crippen molar-refractivity contribution in [3.63, 3.8) is 0 Å². The van der Waals surface area contributed by atoms with Crippen LogP contribution in [0.5, 0.6) is 0 Å². The molecule has 0 radical (unpaired) electrons. The van der Waals surface area contributed by atoms with Gasteiger partial charge in [0.05, 0.1) is 11.0 Å². The van der Waals surface area contributed by atoms with Crippen LogP contribution in [0, 0.1) is 0 Å². The van der Waals surface area contributed by atoms with E-state index >= 15 is 0 Å². The fourth-order valence-corrected chi connectivity index (χ4v) is 9.94. The molecular weight excluding hydrogens is 725 g/mol. The van der Waals surface area contributed by atoms with E-state index < -0.39 is 0 Å². The third kappa shape index (κ3) is 5.27. The molecule has 0 bridgehead atoms. The van der Waals surface area contributed by atoms with Crippen molar-refractivity contribution in [2.45, 2.75) is 0 Å². The molecule has 3 heterocycles. The van der Waals surface area contributed by atoms with Crippen LogP contribution in [-0.4, -0.2) is 4.57 Å². The summed E-state index contributed by atoms with van der Waals surface area (Å²) in [6.45, 7) is 0. The van der Waals surface area contributed by atoms with Gasteiger partial charge in [-0.15, -0.1) is 11.3 Å². The standard InChI is InChI=1S/C54H34N2OS/c1-5-19-49-43(15-1)44-16-2-6-20-50(44)56(49)42-14-10-13-41(34-42)55(39-27-23-35(24-28-39)37-26-30-54-48(33-37)46-18-4-8-22-53(46)58-54)40-12-9-11-36(31-40)38-25-29-52-47(32-38)45-17-3-7-21-51(45)57-52/h1-34H. The highest BCUT2D eigenvalue weighted by molar-refractivity contribution is 7.25. The smallest absolute Gasteiger partial charge is 0.135 e. The maximum absolute atomic E-state index is 6.18. The van der Waals surface area contributed by atoms with Crippen LogP contribution in [0.2, 0.25) is 0 Å². The largest absolute Gasteiger partial charge is 0.456 e. The van der Waals surface area contributed by atoms with Crippen LogP contribution in [0.4, 0.5) is 17.1 Å². The van der Waals surface area contributed by atoms with E-state index in [4.69, 9.17) is 4.42 Å². The van der Waals surface area contributed by atoms with Gasteiger partial charge in [0.25, 0.3) is 0 Å². The summed E-state index contributed by atoms with van der Waals surface area (Å²) in [7, 11) is 0. The highest BCUT2D eigenvalue weighted by Crippen LogP contribution is 2.42. The molecule has 0 aliphatic rings. The molecule has 9 aromatic carbocycles. The first-order valence-electron chi connectivity index (χ1n) is 19.7. The molecule has 0 aliphatic carbocycles. The molecule has 0 atom stereocenters. The summed E-state index contributed by atoms with van der Waals surface area (Å²) >= 11 is 1.86. The number of thiophene rings is 1. The molecule has 0 saturated carbocycles. The van der Waals surface area contributed by atoms with Gasteiger partial charge in [0.1, 0.15) is 11.2 Å². The van der Waals surface area contributed by atoms with Crippen LogP contribution >= 0.6 is 11.3 Å². The van der Waals surface area contributed by atoms with Crippen molar-refractivity contribution in [2.24, 2.45) is 0 Å². The molecule has 12 aromatic rings. The Hall–Kier alpha value is -7.40. The van der Waals surface area contributed by atoms with Crippen molar-refractivity contribution in [1.29, 1.82) is 0 Å². The van der Waals surface area contributed by atoms with Gasteiger partial charge in [0.2, 0.25) is 0 Å². The molecule has 3 nitrogen and oxygen atoms in total. The van der Waals surface area contributed by atoms with E-state index in [0.29, 0.717) is 0 Å². The highest BCUT2D eigenvalue weighted by atomic mass is 32.1. The number of benzene rings is 9. The van der Waals surface area contributed by atoms with Crippen LogP contribution < -0.4 is 4.90 Å². The van der Waals surface area contributed by atoms with Gasteiger partial charge in [-0.2, -0.15) is 0 Å². The quantitative estimate of drug-likeness (QED) is 0.168. The maximum Gasteiger partial charge on any atom is 0.135 e. The van der Waals surface area contributed by atoms with E-state index in [1.165, 1.54) is 53.1 Å². The fourth-order valence-electron chi connectivity index (χ4n) is 8.86. The molecule has 272 valence electrons. The van der Waals surface area contributed by atoms with E-state index in [1.54, 1.807) is 0 Å². The zero-order valence-electron chi connectivity index (χ0n) is 31.3. The Bertz CT molecular complexity index is 3480. The topological polar surface area (TPSA) is 21.3 Å². The second kappa shape index (κ2) is 13.1. The predicted octanol–water partition coefficient (Wildman–Crippen LogP) is 15.9. The van der Waals surface area contributed by atoms with E-state index in [2.05, 4.69) is 204 Å². The van der Waals surface area contributed by atoms with Gasteiger partial charge in [-0.25, -0.2) is 0 Å². The minimum Gasteiger partial charge on any atom is -0.456 e. The Kier molecular flexibility index (Phi) is 7.40. The van der Waals surface area contributed by atoms with E-state index in [1.807, 2.05) is 23.5 Å². The normalized spacial score (nSPS) is 11.8. The molecule has 12 rings (SSSR count). The zero-order chi connectivity index (χ0) is 38.2. The molecule has 0 amide bonds. The van der Waals surface area contributed by atoms with Crippen molar-refractivity contribution >= 4 is 92.3 Å². The van der Waals surface area contributed by atoms with Crippen LogP contribution in [-0.2, 0) is 0 Å². The summed E-state index contributed by atoms with van der Waals surface area (Å²) in [6.07, 6.45) is 0. The zero-order valence-corrected chi connectivity index (χ0v) is 32.2. The predicted molar refractivity (Wildman–Crippen MR) is 247 cm³/mol.